The molecule has 0 aliphatic rings. The summed E-state index contributed by atoms with van der Waals surface area (Å²) < 4.78 is 36.1. The molecule has 1 heterocycles. The summed E-state index contributed by atoms with van der Waals surface area (Å²) in [6, 6.07) is 7.42. The predicted molar refractivity (Wildman–Crippen MR) is 124 cm³/mol. The lowest BCUT2D eigenvalue weighted by Crippen LogP contribution is -2.14. The van der Waals surface area contributed by atoms with Crippen LogP contribution in [0.4, 0.5) is 10.1 Å². The SMILES string of the molecule is CCOc1cc(-c2nnc(SCC(=O)Nc3ccc(F)c(Cl)c3)o2)cc(OCC)c1OCC. The Morgan fingerprint density at radius 2 is 1.73 bits per heavy atom. The normalized spacial score (nSPS) is 10.7. The van der Waals surface area contributed by atoms with Gasteiger partial charge in [0, 0.05) is 11.3 Å². The van der Waals surface area contributed by atoms with Crippen LogP contribution in [0.1, 0.15) is 20.8 Å². The van der Waals surface area contributed by atoms with E-state index in [2.05, 4.69) is 15.5 Å². The van der Waals surface area contributed by atoms with Gasteiger partial charge in [-0.3, -0.25) is 4.79 Å². The standard InChI is InChI=1S/C22H23ClFN3O5S/c1-4-29-17-9-13(10-18(30-5-2)20(17)31-6-3)21-26-27-22(32-21)33-12-19(28)25-14-7-8-16(24)15(23)11-14/h7-11H,4-6,12H2,1-3H3,(H,25,28). The zero-order valence-electron chi connectivity index (χ0n) is 18.3. The van der Waals surface area contributed by atoms with Crippen LogP contribution in [0.15, 0.2) is 40.0 Å². The number of thioether (sulfide) groups is 1. The Balaban J connectivity index is 1.72. The van der Waals surface area contributed by atoms with Crippen molar-refractivity contribution in [3.8, 4) is 28.7 Å². The number of amides is 1. The van der Waals surface area contributed by atoms with Crippen molar-refractivity contribution >= 4 is 35.0 Å². The van der Waals surface area contributed by atoms with Gasteiger partial charge in [-0.15, -0.1) is 10.2 Å². The Hall–Kier alpha value is -2.98. The molecule has 176 valence electrons. The highest BCUT2D eigenvalue weighted by Gasteiger charge is 2.19. The van der Waals surface area contributed by atoms with Crippen molar-refractivity contribution in [3.63, 3.8) is 0 Å². The molecular weight excluding hydrogens is 473 g/mol. The molecule has 3 aromatic rings. The summed E-state index contributed by atoms with van der Waals surface area (Å²) in [5.41, 5.74) is 0.981. The summed E-state index contributed by atoms with van der Waals surface area (Å²) in [5.74, 6) is 0.881. The number of halogens is 2. The number of anilines is 1. The van der Waals surface area contributed by atoms with E-state index in [1.165, 1.54) is 18.2 Å². The highest BCUT2D eigenvalue weighted by atomic mass is 35.5. The van der Waals surface area contributed by atoms with Gasteiger partial charge in [0.1, 0.15) is 5.82 Å². The Kier molecular flexibility index (Phi) is 8.79. The van der Waals surface area contributed by atoms with E-state index >= 15 is 0 Å². The van der Waals surface area contributed by atoms with Gasteiger partial charge < -0.3 is 23.9 Å². The fourth-order valence-electron chi connectivity index (χ4n) is 2.80. The van der Waals surface area contributed by atoms with Crippen molar-refractivity contribution in [1.29, 1.82) is 0 Å². The van der Waals surface area contributed by atoms with Crippen molar-refractivity contribution in [2.45, 2.75) is 26.0 Å². The molecule has 8 nitrogen and oxygen atoms in total. The van der Waals surface area contributed by atoms with Crippen LogP contribution in [-0.2, 0) is 4.79 Å². The number of ether oxygens (including phenoxy) is 3. The zero-order valence-corrected chi connectivity index (χ0v) is 19.9. The Morgan fingerprint density at radius 3 is 2.33 bits per heavy atom. The van der Waals surface area contributed by atoms with Crippen molar-refractivity contribution in [2.24, 2.45) is 0 Å². The quantitative estimate of drug-likeness (QED) is 0.350. The number of rotatable bonds is 11. The van der Waals surface area contributed by atoms with Crippen LogP contribution in [0.3, 0.4) is 0 Å². The fourth-order valence-corrected chi connectivity index (χ4v) is 3.54. The summed E-state index contributed by atoms with van der Waals surface area (Å²) in [7, 11) is 0. The minimum atomic E-state index is -0.559. The van der Waals surface area contributed by atoms with Crippen LogP contribution < -0.4 is 19.5 Å². The van der Waals surface area contributed by atoms with E-state index in [1.807, 2.05) is 20.8 Å². The summed E-state index contributed by atoms with van der Waals surface area (Å²) >= 11 is 6.79. The average molecular weight is 496 g/mol. The molecular formula is C22H23ClFN3O5S. The minimum Gasteiger partial charge on any atom is -0.490 e. The average Bonchev–Trinajstić information content (AvgIpc) is 3.26. The van der Waals surface area contributed by atoms with E-state index in [1.54, 1.807) is 12.1 Å². The number of hydrogen-bond donors (Lipinski definition) is 1. The van der Waals surface area contributed by atoms with Crippen LogP contribution in [0.5, 0.6) is 17.2 Å². The molecule has 0 aliphatic carbocycles. The molecule has 0 fully saturated rings. The van der Waals surface area contributed by atoms with E-state index in [-0.39, 0.29) is 27.8 Å². The smallest absolute Gasteiger partial charge is 0.277 e. The number of carbonyl (C=O) groups is 1. The van der Waals surface area contributed by atoms with Gasteiger partial charge in [-0.2, -0.15) is 0 Å². The van der Waals surface area contributed by atoms with E-state index in [9.17, 15) is 9.18 Å². The molecule has 0 unspecified atom stereocenters. The third kappa shape index (κ3) is 6.52. The van der Waals surface area contributed by atoms with Gasteiger partial charge in [-0.1, -0.05) is 23.4 Å². The summed E-state index contributed by atoms with van der Waals surface area (Å²) in [6.07, 6.45) is 0. The third-order valence-corrected chi connectivity index (χ3v) is 5.20. The lowest BCUT2D eigenvalue weighted by molar-refractivity contribution is -0.113. The Bertz CT molecular complexity index is 1080. The number of benzene rings is 2. The van der Waals surface area contributed by atoms with Crippen molar-refractivity contribution in [3.05, 3.63) is 41.2 Å². The molecule has 1 N–H and O–H groups in total. The maximum absolute atomic E-state index is 13.2. The summed E-state index contributed by atoms with van der Waals surface area (Å²) in [6.45, 7) is 6.95. The number of hydrogen-bond acceptors (Lipinski definition) is 8. The van der Waals surface area contributed by atoms with Crippen molar-refractivity contribution in [1.82, 2.24) is 10.2 Å². The van der Waals surface area contributed by atoms with Gasteiger partial charge in [0.15, 0.2) is 11.5 Å². The van der Waals surface area contributed by atoms with Gasteiger partial charge >= 0.3 is 0 Å². The fraction of sp³-hybridized carbons (Fsp3) is 0.318. The lowest BCUT2D eigenvalue weighted by atomic mass is 10.2. The molecule has 0 saturated carbocycles. The first-order valence-corrected chi connectivity index (χ1v) is 11.6. The maximum Gasteiger partial charge on any atom is 0.277 e. The molecule has 3 rings (SSSR count). The second-order valence-corrected chi connectivity index (χ2v) is 7.77. The van der Waals surface area contributed by atoms with Gasteiger partial charge in [-0.05, 0) is 51.1 Å². The van der Waals surface area contributed by atoms with Crippen LogP contribution in [0.2, 0.25) is 5.02 Å². The second kappa shape index (κ2) is 11.8. The van der Waals surface area contributed by atoms with Crippen LogP contribution >= 0.6 is 23.4 Å². The molecule has 2 aromatic carbocycles. The monoisotopic (exact) mass is 495 g/mol. The van der Waals surface area contributed by atoms with Crippen LogP contribution in [0.25, 0.3) is 11.5 Å². The Morgan fingerprint density at radius 1 is 1.06 bits per heavy atom. The molecule has 1 amide bonds. The molecule has 0 aliphatic heterocycles. The first kappa shape index (κ1) is 24.7. The lowest BCUT2D eigenvalue weighted by Gasteiger charge is -2.16. The maximum atomic E-state index is 13.2. The molecule has 0 radical (unpaired) electrons. The molecule has 11 heteroatoms. The summed E-state index contributed by atoms with van der Waals surface area (Å²) in [4.78, 5) is 12.2. The summed E-state index contributed by atoms with van der Waals surface area (Å²) in [5, 5.41) is 10.8. The van der Waals surface area contributed by atoms with Crippen molar-refractivity contribution < 1.29 is 27.8 Å². The highest BCUT2D eigenvalue weighted by molar-refractivity contribution is 7.99. The van der Waals surface area contributed by atoms with Gasteiger partial charge in [0.25, 0.3) is 5.22 Å². The number of nitrogens with zero attached hydrogens (tertiary/aromatic N) is 2. The van der Waals surface area contributed by atoms with Gasteiger partial charge in [0.2, 0.25) is 17.5 Å². The molecule has 1 aromatic heterocycles. The molecule has 0 bridgehead atoms. The molecule has 33 heavy (non-hydrogen) atoms. The van der Waals surface area contributed by atoms with Crippen LogP contribution in [-0.4, -0.2) is 41.7 Å². The number of nitrogens with one attached hydrogen (secondary N) is 1. The molecule has 0 saturated heterocycles. The predicted octanol–water partition coefficient (Wildman–Crippen LogP) is 5.46. The minimum absolute atomic E-state index is 0.00823. The number of aromatic nitrogens is 2. The third-order valence-electron chi connectivity index (χ3n) is 4.09. The molecule has 0 spiro atoms. The Labute approximate surface area is 199 Å². The van der Waals surface area contributed by atoms with Gasteiger partial charge in [-0.25, -0.2) is 4.39 Å². The van der Waals surface area contributed by atoms with Gasteiger partial charge in [0.05, 0.1) is 30.6 Å². The first-order valence-electron chi connectivity index (χ1n) is 10.2. The van der Waals surface area contributed by atoms with Crippen molar-refractivity contribution in [2.75, 3.05) is 30.9 Å². The first-order chi connectivity index (χ1) is 15.9. The van der Waals surface area contributed by atoms with E-state index in [0.29, 0.717) is 48.3 Å². The second-order valence-electron chi connectivity index (χ2n) is 6.44. The highest BCUT2D eigenvalue weighted by Crippen LogP contribution is 2.42. The van der Waals surface area contributed by atoms with Crippen LogP contribution in [0, 0.1) is 5.82 Å². The number of carbonyl (C=O) groups excluding carboxylic acids is 1. The van der Waals surface area contributed by atoms with E-state index < -0.39 is 5.82 Å². The zero-order chi connectivity index (χ0) is 23.8. The largest absolute Gasteiger partial charge is 0.490 e. The van der Waals surface area contributed by atoms with E-state index in [4.69, 9.17) is 30.2 Å². The topological polar surface area (TPSA) is 95.7 Å². The van der Waals surface area contributed by atoms with E-state index in [0.717, 1.165) is 11.8 Å². The molecule has 0 atom stereocenters.